The van der Waals surface area contributed by atoms with Crippen LogP contribution in [0.4, 0.5) is 0 Å². The Morgan fingerprint density at radius 1 is 1.03 bits per heavy atom. The van der Waals surface area contributed by atoms with Crippen LogP contribution in [0.3, 0.4) is 0 Å². The molecule has 2 heterocycles. The number of aromatic nitrogens is 2. The minimum absolute atomic E-state index is 0.128. The monoisotopic (exact) mass is 422 g/mol. The van der Waals surface area contributed by atoms with E-state index in [4.69, 9.17) is 11.6 Å². The number of halogens is 1. The Morgan fingerprint density at radius 3 is 2.63 bits per heavy atom. The molecule has 0 unspecified atom stereocenters. The predicted octanol–water partition coefficient (Wildman–Crippen LogP) is 3.56. The Balaban J connectivity index is 1.34. The summed E-state index contributed by atoms with van der Waals surface area (Å²) in [4.78, 5) is 27.1. The molecule has 0 bridgehead atoms. The Bertz CT molecular complexity index is 1050. The van der Waals surface area contributed by atoms with Crippen molar-refractivity contribution >= 4 is 23.4 Å². The summed E-state index contributed by atoms with van der Waals surface area (Å²) in [6.45, 7) is 2.14. The number of fused-ring (bicyclic) bond motifs is 1. The number of amides is 2. The molecule has 154 valence electrons. The third-order valence-corrected chi connectivity index (χ3v) is 5.37. The minimum Gasteiger partial charge on any atom is -0.351 e. The fourth-order valence-electron chi connectivity index (χ4n) is 3.59. The predicted molar refractivity (Wildman–Crippen MR) is 116 cm³/mol. The number of rotatable bonds is 7. The van der Waals surface area contributed by atoms with E-state index in [0.717, 1.165) is 18.4 Å². The van der Waals surface area contributed by atoms with Gasteiger partial charge in [0.2, 0.25) is 0 Å². The fraction of sp³-hybridized carbons (Fsp3) is 0.261. The summed E-state index contributed by atoms with van der Waals surface area (Å²) in [6.07, 6.45) is 1.74. The Labute approximate surface area is 180 Å². The second-order valence-corrected chi connectivity index (χ2v) is 7.78. The first-order valence-electron chi connectivity index (χ1n) is 10.0. The summed E-state index contributed by atoms with van der Waals surface area (Å²) in [5.41, 5.74) is 2.94. The number of nitrogens with one attached hydrogen (secondary N) is 1. The molecular formula is C23H23ClN4O2. The van der Waals surface area contributed by atoms with Crippen LogP contribution in [0, 0.1) is 0 Å². The third kappa shape index (κ3) is 4.71. The topological polar surface area (TPSA) is 67.2 Å². The smallest absolute Gasteiger partial charge is 0.272 e. The van der Waals surface area contributed by atoms with E-state index in [0.29, 0.717) is 36.9 Å². The van der Waals surface area contributed by atoms with Crippen molar-refractivity contribution in [2.24, 2.45) is 0 Å². The first-order valence-corrected chi connectivity index (χ1v) is 10.4. The zero-order chi connectivity index (χ0) is 20.9. The zero-order valence-electron chi connectivity index (χ0n) is 16.6. The Kier molecular flexibility index (Phi) is 6.14. The molecule has 0 saturated heterocycles. The van der Waals surface area contributed by atoms with E-state index in [1.54, 1.807) is 15.6 Å². The molecule has 1 aliphatic rings. The van der Waals surface area contributed by atoms with Gasteiger partial charge in [-0.3, -0.25) is 14.3 Å². The molecule has 1 aromatic heterocycles. The van der Waals surface area contributed by atoms with Crippen molar-refractivity contribution in [3.05, 3.63) is 88.2 Å². The number of carbonyl (C=O) groups is 2. The third-order valence-electron chi connectivity index (χ3n) is 5.13. The van der Waals surface area contributed by atoms with Gasteiger partial charge in [0.05, 0.1) is 6.54 Å². The molecule has 30 heavy (non-hydrogen) atoms. The summed E-state index contributed by atoms with van der Waals surface area (Å²) in [5.74, 6) is -0.379. The van der Waals surface area contributed by atoms with Gasteiger partial charge in [0.25, 0.3) is 11.8 Å². The lowest BCUT2D eigenvalue weighted by molar-refractivity contribution is 0.0683. The Hall–Kier alpha value is -3.12. The number of aryl methyl sites for hydroxylation is 1. The number of carbonyl (C=O) groups excluding carboxylic acids is 2. The van der Waals surface area contributed by atoms with Crippen molar-refractivity contribution in [3.8, 4) is 0 Å². The van der Waals surface area contributed by atoms with Crippen molar-refractivity contribution in [2.75, 3.05) is 13.1 Å². The van der Waals surface area contributed by atoms with Gasteiger partial charge in [0.1, 0.15) is 5.69 Å². The summed E-state index contributed by atoms with van der Waals surface area (Å²) < 4.78 is 1.62. The molecule has 4 rings (SSSR count). The molecular weight excluding hydrogens is 400 g/mol. The molecule has 1 N–H and O–H groups in total. The van der Waals surface area contributed by atoms with Gasteiger partial charge < -0.3 is 10.2 Å². The number of hydrogen-bond donors (Lipinski definition) is 1. The van der Waals surface area contributed by atoms with Gasteiger partial charge >= 0.3 is 0 Å². The van der Waals surface area contributed by atoms with Gasteiger partial charge in [-0.1, -0.05) is 54.1 Å². The van der Waals surface area contributed by atoms with Crippen LogP contribution in [0.2, 0.25) is 5.02 Å². The molecule has 0 spiro atoms. The van der Waals surface area contributed by atoms with Crippen LogP contribution in [0.15, 0.2) is 60.7 Å². The molecule has 2 amide bonds. The standard InChI is InChI=1S/C23H23ClN4O2/c24-19-10-4-8-18(14-19)16-27-12-13-28-21(23(27)30)15-20(26-28)22(29)25-11-5-9-17-6-2-1-3-7-17/h1-4,6-8,10,14-15H,5,9,11-13,16H2,(H,25,29). The zero-order valence-corrected chi connectivity index (χ0v) is 17.3. The highest BCUT2D eigenvalue weighted by molar-refractivity contribution is 6.30. The summed E-state index contributed by atoms with van der Waals surface area (Å²) in [7, 11) is 0. The van der Waals surface area contributed by atoms with Gasteiger partial charge in [-0.2, -0.15) is 5.10 Å². The molecule has 3 aromatic rings. The molecule has 0 aliphatic carbocycles. The van der Waals surface area contributed by atoms with E-state index in [1.165, 1.54) is 5.56 Å². The average Bonchev–Trinajstić information content (AvgIpc) is 3.19. The van der Waals surface area contributed by atoms with Gasteiger partial charge in [0.15, 0.2) is 5.69 Å². The highest BCUT2D eigenvalue weighted by atomic mass is 35.5. The lowest BCUT2D eigenvalue weighted by Gasteiger charge is -2.27. The van der Waals surface area contributed by atoms with E-state index < -0.39 is 0 Å². The van der Waals surface area contributed by atoms with Crippen molar-refractivity contribution < 1.29 is 9.59 Å². The molecule has 0 saturated carbocycles. The van der Waals surface area contributed by atoms with E-state index in [9.17, 15) is 9.59 Å². The highest BCUT2D eigenvalue weighted by Gasteiger charge is 2.27. The van der Waals surface area contributed by atoms with E-state index in [2.05, 4.69) is 22.5 Å². The summed E-state index contributed by atoms with van der Waals surface area (Å²) in [5, 5.41) is 7.87. The molecule has 0 atom stereocenters. The van der Waals surface area contributed by atoms with Crippen LogP contribution in [-0.4, -0.2) is 39.6 Å². The van der Waals surface area contributed by atoms with Crippen LogP contribution in [-0.2, 0) is 19.5 Å². The number of hydrogen-bond acceptors (Lipinski definition) is 3. The van der Waals surface area contributed by atoms with Crippen LogP contribution in [0.1, 0.15) is 38.5 Å². The lowest BCUT2D eigenvalue weighted by Crippen LogP contribution is -2.39. The van der Waals surface area contributed by atoms with Gasteiger partial charge in [-0.25, -0.2) is 0 Å². The quantitative estimate of drug-likeness (QED) is 0.592. The van der Waals surface area contributed by atoms with Crippen molar-refractivity contribution in [1.82, 2.24) is 20.0 Å². The highest BCUT2D eigenvalue weighted by Crippen LogP contribution is 2.18. The molecule has 6 nitrogen and oxygen atoms in total. The second-order valence-electron chi connectivity index (χ2n) is 7.34. The minimum atomic E-state index is -0.251. The van der Waals surface area contributed by atoms with Crippen molar-refractivity contribution in [2.45, 2.75) is 25.9 Å². The first kappa shape index (κ1) is 20.2. The second kappa shape index (κ2) is 9.13. The molecule has 2 aromatic carbocycles. The van der Waals surface area contributed by atoms with E-state index in [-0.39, 0.29) is 17.5 Å². The largest absolute Gasteiger partial charge is 0.351 e. The fourth-order valence-corrected chi connectivity index (χ4v) is 3.80. The van der Waals surface area contributed by atoms with E-state index >= 15 is 0 Å². The molecule has 1 aliphatic heterocycles. The molecule has 0 fully saturated rings. The van der Waals surface area contributed by atoms with Crippen LogP contribution >= 0.6 is 11.6 Å². The van der Waals surface area contributed by atoms with Gasteiger partial charge in [0, 0.05) is 30.7 Å². The molecule has 7 heteroatoms. The maximum Gasteiger partial charge on any atom is 0.272 e. The van der Waals surface area contributed by atoms with Gasteiger partial charge in [-0.15, -0.1) is 0 Å². The first-order chi connectivity index (χ1) is 14.6. The van der Waals surface area contributed by atoms with E-state index in [1.807, 2.05) is 42.5 Å². The maximum absolute atomic E-state index is 12.9. The normalized spacial score (nSPS) is 13.2. The Morgan fingerprint density at radius 2 is 1.83 bits per heavy atom. The molecule has 0 radical (unpaired) electrons. The average molecular weight is 423 g/mol. The van der Waals surface area contributed by atoms with Crippen LogP contribution in [0.5, 0.6) is 0 Å². The summed E-state index contributed by atoms with van der Waals surface area (Å²) in [6, 6.07) is 19.2. The van der Waals surface area contributed by atoms with Crippen molar-refractivity contribution in [3.63, 3.8) is 0 Å². The van der Waals surface area contributed by atoms with Crippen molar-refractivity contribution in [1.29, 1.82) is 0 Å². The van der Waals surface area contributed by atoms with Crippen LogP contribution in [0.25, 0.3) is 0 Å². The number of nitrogens with zero attached hydrogens (tertiary/aromatic N) is 3. The SMILES string of the molecule is O=C(NCCCc1ccccc1)c1cc2n(n1)CCN(Cc1cccc(Cl)c1)C2=O. The van der Waals surface area contributed by atoms with Gasteiger partial charge in [-0.05, 0) is 36.1 Å². The summed E-state index contributed by atoms with van der Waals surface area (Å²) >= 11 is 6.04. The lowest BCUT2D eigenvalue weighted by atomic mass is 10.1. The van der Waals surface area contributed by atoms with Crippen LogP contribution < -0.4 is 5.32 Å². The number of benzene rings is 2. The maximum atomic E-state index is 12.9.